The maximum Gasteiger partial charge on any atom is 0.212 e. The van der Waals surface area contributed by atoms with Crippen LogP contribution in [0.5, 0.6) is 5.88 Å². The lowest BCUT2D eigenvalue weighted by Gasteiger charge is -2.08. The number of nitrogens with zero attached hydrogens (tertiary/aromatic N) is 1. The highest BCUT2D eigenvalue weighted by molar-refractivity contribution is 9.10. The standard InChI is InChI=1S/C13H12BrFN2O/c1-18-13-5-2-9(8-17-13)7-16-12-4-3-10(15)6-11(12)14/h2-6,8,16H,7H2,1H3. The molecule has 0 saturated carbocycles. The van der Waals surface area contributed by atoms with Gasteiger partial charge in [-0.15, -0.1) is 0 Å². The van der Waals surface area contributed by atoms with Gasteiger partial charge in [0.15, 0.2) is 0 Å². The number of aromatic nitrogens is 1. The summed E-state index contributed by atoms with van der Waals surface area (Å²) < 4.78 is 18.6. The van der Waals surface area contributed by atoms with E-state index in [0.717, 1.165) is 11.3 Å². The first-order valence-electron chi connectivity index (χ1n) is 5.37. The molecule has 0 aliphatic carbocycles. The minimum atomic E-state index is -0.265. The third-order valence-corrected chi connectivity index (χ3v) is 3.08. The molecule has 1 aromatic heterocycles. The maximum atomic E-state index is 12.9. The van der Waals surface area contributed by atoms with Gasteiger partial charge in [-0.2, -0.15) is 0 Å². The Morgan fingerprint density at radius 1 is 1.33 bits per heavy atom. The van der Waals surface area contributed by atoms with Gasteiger partial charge < -0.3 is 10.1 Å². The first-order chi connectivity index (χ1) is 8.69. The molecular weight excluding hydrogens is 299 g/mol. The number of rotatable bonds is 4. The molecule has 0 aliphatic heterocycles. The monoisotopic (exact) mass is 310 g/mol. The molecule has 0 radical (unpaired) electrons. The van der Waals surface area contributed by atoms with E-state index in [1.165, 1.54) is 12.1 Å². The molecule has 0 amide bonds. The van der Waals surface area contributed by atoms with Crippen molar-refractivity contribution in [3.05, 3.63) is 52.4 Å². The van der Waals surface area contributed by atoms with Crippen LogP contribution >= 0.6 is 15.9 Å². The molecule has 0 atom stereocenters. The summed E-state index contributed by atoms with van der Waals surface area (Å²) in [5.74, 6) is 0.320. The quantitative estimate of drug-likeness (QED) is 0.937. The molecule has 0 aliphatic rings. The molecule has 1 aromatic carbocycles. The topological polar surface area (TPSA) is 34.1 Å². The van der Waals surface area contributed by atoms with Crippen molar-refractivity contribution < 1.29 is 9.13 Å². The van der Waals surface area contributed by atoms with E-state index in [1.807, 2.05) is 6.07 Å². The zero-order valence-electron chi connectivity index (χ0n) is 9.78. The molecule has 18 heavy (non-hydrogen) atoms. The van der Waals surface area contributed by atoms with Gasteiger partial charge >= 0.3 is 0 Å². The number of anilines is 1. The molecule has 5 heteroatoms. The number of pyridine rings is 1. The van der Waals surface area contributed by atoms with E-state index < -0.39 is 0 Å². The lowest BCUT2D eigenvalue weighted by Crippen LogP contribution is -2.01. The van der Waals surface area contributed by atoms with Crippen LogP contribution in [0.1, 0.15) is 5.56 Å². The maximum absolute atomic E-state index is 12.9. The Balaban J connectivity index is 2.02. The average molecular weight is 311 g/mol. The van der Waals surface area contributed by atoms with Crippen LogP contribution in [-0.4, -0.2) is 12.1 Å². The van der Waals surface area contributed by atoms with E-state index >= 15 is 0 Å². The van der Waals surface area contributed by atoms with Crippen LogP contribution in [0.25, 0.3) is 0 Å². The summed E-state index contributed by atoms with van der Waals surface area (Å²) in [7, 11) is 1.58. The zero-order valence-corrected chi connectivity index (χ0v) is 11.4. The normalized spacial score (nSPS) is 10.2. The lowest BCUT2D eigenvalue weighted by atomic mass is 10.2. The molecule has 0 spiro atoms. The number of hydrogen-bond donors (Lipinski definition) is 1. The number of hydrogen-bond acceptors (Lipinski definition) is 3. The van der Waals surface area contributed by atoms with E-state index in [4.69, 9.17) is 4.74 Å². The number of halogens is 2. The van der Waals surface area contributed by atoms with Crippen molar-refractivity contribution in [2.24, 2.45) is 0 Å². The molecule has 0 saturated heterocycles. The summed E-state index contributed by atoms with van der Waals surface area (Å²) in [4.78, 5) is 4.11. The molecule has 3 nitrogen and oxygen atoms in total. The van der Waals surface area contributed by atoms with Crippen molar-refractivity contribution in [1.29, 1.82) is 0 Å². The minimum Gasteiger partial charge on any atom is -0.481 e. The molecule has 1 heterocycles. The van der Waals surface area contributed by atoms with Crippen LogP contribution in [0.15, 0.2) is 41.0 Å². The van der Waals surface area contributed by atoms with Gasteiger partial charge in [0.25, 0.3) is 0 Å². The van der Waals surface area contributed by atoms with Crippen LogP contribution in [-0.2, 0) is 6.54 Å². The SMILES string of the molecule is COc1ccc(CNc2ccc(F)cc2Br)cn1. The van der Waals surface area contributed by atoms with Gasteiger partial charge in [0.2, 0.25) is 5.88 Å². The summed E-state index contributed by atoms with van der Waals surface area (Å²) in [6, 6.07) is 8.26. The van der Waals surface area contributed by atoms with Gasteiger partial charge in [-0.05, 0) is 39.7 Å². The van der Waals surface area contributed by atoms with Crippen LogP contribution in [0, 0.1) is 5.82 Å². The number of methoxy groups -OCH3 is 1. The third-order valence-electron chi connectivity index (χ3n) is 2.42. The number of ether oxygens (including phenoxy) is 1. The Kier molecular flexibility index (Phi) is 4.15. The molecular formula is C13H12BrFN2O. The summed E-state index contributed by atoms with van der Waals surface area (Å²) in [6.07, 6.45) is 1.74. The highest BCUT2D eigenvalue weighted by atomic mass is 79.9. The molecule has 0 unspecified atom stereocenters. The van der Waals surface area contributed by atoms with Crippen molar-refractivity contribution in [2.45, 2.75) is 6.54 Å². The van der Waals surface area contributed by atoms with Crippen molar-refractivity contribution in [3.63, 3.8) is 0 Å². The fourth-order valence-electron chi connectivity index (χ4n) is 1.47. The van der Waals surface area contributed by atoms with Gasteiger partial charge in [0.05, 0.1) is 7.11 Å². The molecule has 2 aromatic rings. The van der Waals surface area contributed by atoms with Crippen molar-refractivity contribution in [3.8, 4) is 5.88 Å². The number of benzene rings is 1. The van der Waals surface area contributed by atoms with Crippen molar-refractivity contribution in [2.75, 3.05) is 12.4 Å². The smallest absolute Gasteiger partial charge is 0.212 e. The first kappa shape index (κ1) is 12.8. The fourth-order valence-corrected chi connectivity index (χ4v) is 1.96. The Hall–Kier alpha value is -1.62. The molecule has 1 N–H and O–H groups in total. The van der Waals surface area contributed by atoms with E-state index in [9.17, 15) is 4.39 Å². The summed E-state index contributed by atoms with van der Waals surface area (Å²) >= 11 is 3.31. The van der Waals surface area contributed by atoms with E-state index in [0.29, 0.717) is 16.9 Å². The third kappa shape index (κ3) is 3.20. The van der Waals surface area contributed by atoms with E-state index in [1.54, 1.807) is 25.4 Å². The highest BCUT2D eigenvalue weighted by Crippen LogP contribution is 2.23. The van der Waals surface area contributed by atoms with Crippen LogP contribution < -0.4 is 10.1 Å². The second kappa shape index (κ2) is 5.82. The average Bonchev–Trinajstić information content (AvgIpc) is 2.38. The summed E-state index contributed by atoms with van der Waals surface area (Å²) in [5, 5.41) is 3.20. The summed E-state index contributed by atoms with van der Waals surface area (Å²) in [6.45, 7) is 0.612. The Morgan fingerprint density at radius 2 is 2.17 bits per heavy atom. The fraction of sp³-hybridized carbons (Fsp3) is 0.154. The zero-order chi connectivity index (χ0) is 13.0. The van der Waals surface area contributed by atoms with Gasteiger partial charge in [-0.3, -0.25) is 0 Å². The van der Waals surface area contributed by atoms with Gasteiger partial charge in [-0.1, -0.05) is 6.07 Å². The van der Waals surface area contributed by atoms with Crippen molar-refractivity contribution in [1.82, 2.24) is 4.98 Å². The molecule has 0 fully saturated rings. The predicted octanol–water partition coefficient (Wildman–Crippen LogP) is 3.60. The summed E-state index contributed by atoms with van der Waals surface area (Å²) in [5.41, 5.74) is 1.86. The minimum absolute atomic E-state index is 0.265. The predicted molar refractivity (Wildman–Crippen MR) is 72.2 cm³/mol. The molecule has 2 rings (SSSR count). The lowest BCUT2D eigenvalue weighted by molar-refractivity contribution is 0.397. The van der Waals surface area contributed by atoms with Gasteiger partial charge in [0.1, 0.15) is 5.82 Å². The Morgan fingerprint density at radius 3 is 2.78 bits per heavy atom. The second-order valence-corrected chi connectivity index (χ2v) is 4.54. The van der Waals surface area contributed by atoms with Crippen molar-refractivity contribution >= 4 is 21.6 Å². The van der Waals surface area contributed by atoms with Crippen LogP contribution in [0.2, 0.25) is 0 Å². The number of nitrogens with one attached hydrogen (secondary N) is 1. The van der Waals surface area contributed by atoms with Gasteiger partial charge in [-0.25, -0.2) is 9.37 Å². The van der Waals surface area contributed by atoms with Gasteiger partial charge in [0, 0.05) is 29.0 Å². The largest absolute Gasteiger partial charge is 0.481 e. The first-order valence-corrected chi connectivity index (χ1v) is 6.16. The van der Waals surface area contributed by atoms with Crippen LogP contribution in [0.3, 0.4) is 0 Å². The Bertz CT molecular complexity index is 531. The second-order valence-electron chi connectivity index (χ2n) is 3.69. The van der Waals surface area contributed by atoms with E-state index in [2.05, 4.69) is 26.2 Å². The van der Waals surface area contributed by atoms with Crippen LogP contribution in [0.4, 0.5) is 10.1 Å². The Labute approximate surface area is 113 Å². The highest BCUT2D eigenvalue weighted by Gasteiger charge is 2.01. The molecule has 0 bridgehead atoms. The van der Waals surface area contributed by atoms with E-state index in [-0.39, 0.29) is 5.82 Å². The molecule has 94 valence electrons.